The molecule has 2 aromatic carbocycles. The Balaban J connectivity index is 0.000000574. The normalized spacial score (nSPS) is 19.7. The van der Waals surface area contributed by atoms with Gasteiger partial charge < -0.3 is 14.5 Å². The molecule has 0 radical (unpaired) electrons. The van der Waals surface area contributed by atoms with Crippen molar-refractivity contribution in [2.75, 3.05) is 7.11 Å². The minimum atomic E-state index is -3.71. The van der Waals surface area contributed by atoms with Crippen LogP contribution >= 0.6 is 7.60 Å². The van der Waals surface area contributed by atoms with E-state index in [4.69, 9.17) is 9.63 Å². The molecular weight excluding hydrogens is 251 g/mol. The number of rotatable bonds is 0. The maximum atomic E-state index is 12.0. The summed E-state index contributed by atoms with van der Waals surface area (Å²) in [4.78, 5) is 9.81. The summed E-state index contributed by atoms with van der Waals surface area (Å²) in [5.74, 6) is 0.465. The average Bonchev–Trinajstić information content (AvgIpc) is 2.41. The van der Waals surface area contributed by atoms with E-state index in [1.54, 1.807) is 24.3 Å². The van der Waals surface area contributed by atoms with Crippen LogP contribution in [0.5, 0.6) is 5.75 Å². The molecule has 94 valence electrons. The van der Waals surface area contributed by atoms with Crippen molar-refractivity contribution >= 4 is 12.9 Å². The lowest BCUT2D eigenvalue weighted by molar-refractivity contribution is 0.392. The van der Waals surface area contributed by atoms with Crippen molar-refractivity contribution in [1.29, 1.82) is 0 Å². The molecule has 18 heavy (non-hydrogen) atoms. The number of benzene rings is 2. The highest BCUT2D eigenvalue weighted by molar-refractivity contribution is 7.62. The van der Waals surface area contributed by atoms with Gasteiger partial charge in [-0.1, -0.05) is 36.4 Å². The molecule has 0 aromatic heterocycles. The van der Waals surface area contributed by atoms with Gasteiger partial charge in [0.15, 0.2) is 0 Å². The summed E-state index contributed by atoms with van der Waals surface area (Å²) in [6, 6.07) is 14.3. The molecule has 1 atom stereocenters. The molecule has 1 heterocycles. The second-order valence-electron chi connectivity index (χ2n) is 3.63. The molecule has 0 aliphatic carbocycles. The molecule has 5 heteroatoms. The van der Waals surface area contributed by atoms with Crippen molar-refractivity contribution in [2.45, 2.75) is 0 Å². The summed E-state index contributed by atoms with van der Waals surface area (Å²) in [6.45, 7) is 0. The quantitative estimate of drug-likeness (QED) is 0.715. The van der Waals surface area contributed by atoms with Crippen LogP contribution in [-0.4, -0.2) is 17.1 Å². The number of aliphatic hydroxyl groups is 1. The molecule has 2 N–H and O–H groups in total. The zero-order chi connectivity index (χ0) is 13.2. The predicted molar refractivity (Wildman–Crippen MR) is 70.1 cm³/mol. The van der Waals surface area contributed by atoms with Crippen molar-refractivity contribution in [3.05, 3.63) is 48.5 Å². The summed E-state index contributed by atoms with van der Waals surface area (Å²) in [7, 11) is -2.71. The van der Waals surface area contributed by atoms with Gasteiger partial charge in [-0.2, -0.15) is 0 Å². The first-order chi connectivity index (χ1) is 8.68. The topological polar surface area (TPSA) is 66.8 Å². The van der Waals surface area contributed by atoms with Gasteiger partial charge in [-0.3, -0.25) is 0 Å². The van der Waals surface area contributed by atoms with Gasteiger partial charge >= 0.3 is 7.60 Å². The third-order valence-corrected chi connectivity index (χ3v) is 4.05. The Morgan fingerprint density at radius 1 is 0.944 bits per heavy atom. The summed E-state index contributed by atoms with van der Waals surface area (Å²) in [6.07, 6.45) is 0. The van der Waals surface area contributed by atoms with Crippen LogP contribution in [0.1, 0.15) is 0 Å². The minimum absolute atomic E-state index is 0.369. The van der Waals surface area contributed by atoms with Crippen LogP contribution in [-0.2, 0) is 4.57 Å². The first kappa shape index (κ1) is 12.8. The maximum absolute atomic E-state index is 12.0. The lowest BCUT2D eigenvalue weighted by Gasteiger charge is -2.24. The molecule has 0 saturated heterocycles. The van der Waals surface area contributed by atoms with Gasteiger partial charge in [0, 0.05) is 18.2 Å². The van der Waals surface area contributed by atoms with E-state index < -0.39 is 7.60 Å². The molecule has 2 aromatic rings. The highest BCUT2D eigenvalue weighted by Crippen LogP contribution is 2.51. The number of hydrogen-bond donors (Lipinski definition) is 2. The van der Waals surface area contributed by atoms with E-state index in [0.29, 0.717) is 11.1 Å². The van der Waals surface area contributed by atoms with E-state index in [0.717, 1.165) is 18.2 Å². The van der Waals surface area contributed by atoms with Gasteiger partial charge in [-0.15, -0.1) is 0 Å². The number of aliphatic hydroxyl groups excluding tert-OH is 1. The first-order valence-corrected chi connectivity index (χ1v) is 6.92. The van der Waals surface area contributed by atoms with Crippen molar-refractivity contribution < 1.29 is 19.1 Å². The van der Waals surface area contributed by atoms with Crippen molar-refractivity contribution in [3.8, 4) is 16.9 Å². The molecular formula is C13H13O4P. The zero-order valence-corrected chi connectivity index (χ0v) is 10.7. The van der Waals surface area contributed by atoms with Crippen LogP contribution in [0.4, 0.5) is 0 Å². The molecule has 0 saturated carbocycles. The molecule has 0 bridgehead atoms. The molecule has 1 aliphatic heterocycles. The largest absolute Gasteiger partial charge is 0.421 e. The van der Waals surface area contributed by atoms with E-state index in [9.17, 15) is 9.46 Å². The lowest BCUT2D eigenvalue weighted by Crippen LogP contribution is -2.16. The van der Waals surface area contributed by atoms with Crippen molar-refractivity contribution in [2.24, 2.45) is 0 Å². The number of fused-ring (bicyclic) bond motifs is 3. The average molecular weight is 264 g/mol. The van der Waals surface area contributed by atoms with E-state index >= 15 is 0 Å². The van der Waals surface area contributed by atoms with E-state index in [1.165, 1.54) is 0 Å². The Morgan fingerprint density at radius 2 is 1.50 bits per heavy atom. The van der Waals surface area contributed by atoms with Crippen molar-refractivity contribution in [1.82, 2.24) is 0 Å². The molecule has 0 spiro atoms. The Kier molecular flexibility index (Phi) is 3.53. The highest BCUT2D eigenvalue weighted by Gasteiger charge is 2.33. The predicted octanol–water partition coefficient (Wildman–Crippen LogP) is 2.17. The molecule has 4 nitrogen and oxygen atoms in total. The highest BCUT2D eigenvalue weighted by atomic mass is 31.2. The Morgan fingerprint density at radius 3 is 2.22 bits per heavy atom. The summed E-state index contributed by atoms with van der Waals surface area (Å²) >= 11 is 0. The second-order valence-corrected chi connectivity index (χ2v) is 5.33. The molecule has 3 rings (SSSR count). The first-order valence-electron chi connectivity index (χ1n) is 5.34. The standard InChI is InChI=1S/C12H9O3P.CH4O/c13-16(14)12-8-4-2-6-10(12)9-5-1-3-7-11(9)15-16;1-2/h1-8H,(H,13,14);2H,1H3. The Bertz CT molecular complexity index is 609. The monoisotopic (exact) mass is 264 g/mol. The Labute approximate surface area is 105 Å². The summed E-state index contributed by atoms with van der Waals surface area (Å²) < 4.78 is 17.1. The van der Waals surface area contributed by atoms with Gasteiger partial charge in [0.1, 0.15) is 5.75 Å². The summed E-state index contributed by atoms with van der Waals surface area (Å²) in [5.41, 5.74) is 1.63. The van der Waals surface area contributed by atoms with Crippen LogP contribution < -0.4 is 9.83 Å². The van der Waals surface area contributed by atoms with Gasteiger partial charge in [0.25, 0.3) is 0 Å². The molecule has 0 amide bonds. The van der Waals surface area contributed by atoms with E-state index in [-0.39, 0.29) is 0 Å². The van der Waals surface area contributed by atoms with Crippen LogP contribution in [0.2, 0.25) is 0 Å². The molecule has 0 fully saturated rings. The van der Waals surface area contributed by atoms with Crippen LogP contribution in [0.15, 0.2) is 48.5 Å². The third-order valence-electron chi connectivity index (χ3n) is 2.61. The smallest absolute Gasteiger partial charge is 0.408 e. The van der Waals surface area contributed by atoms with Crippen LogP contribution in [0.25, 0.3) is 11.1 Å². The molecule has 1 aliphatic rings. The number of para-hydroxylation sites is 1. The van der Waals surface area contributed by atoms with Crippen LogP contribution in [0, 0.1) is 0 Å². The number of hydrogen-bond acceptors (Lipinski definition) is 3. The second kappa shape index (κ2) is 4.94. The third kappa shape index (κ3) is 2.06. The van der Waals surface area contributed by atoms with E-state index in [2.05, 4.69) is 0 Å². The van der Waals surface area contributed by atoms with E-state index in [1.807, 2.05) is 24.3 Å². The SMILES string of the molecule is CO.O=P1(O)Oc2ccccc2-c2ccccc21. The van der Waals surface area contributed by atoms with Gasteiger partial charge in [-0.05, 0) is 12.1 Å². The fraction of sp³-hybridized carbons (Fsp3) is 0.0769. The van der Waals surface area contributed by atoms with Gasteiger partial charge in [-0.25, -0.2) is 4.57 Å². The van der Waals surface area contributed by atoms with Gasteiger partial charge in [0.05, 0.1) is 5.30 Å². The van der Waals surface area contributed by atoms with Crippen LogP contribution in [0.3, 0.4) is 0 Å². The lowest BCUT2D eigenvalue weighted by atomic mass is 10.0. The maximum Gasteiger partial charge on any atom is 0.408 e. The zero-order valence-electron chi connectivity index (χ0n) is 9.78. The molecule has 1 unspecified atom stereocenters. The Hall–Kier alpha value is -1.61. The fourth-order valence-corrected chi connectivity index (χ4v) is 3.20. The fourth-order valence-electron chi connectivity index (χ4n) is 1.90. The minimum Gasteiger partial charge on any atom is -0.421 e. The summed E-state index contributed by atoms with van der Waals surface area (Å²) in [5, 5.41) is 7.37. The van der Waals surface area contributed by atoms with Crippen molar-refractivity contribution in [3.63, 3.8) is 0 Å². The van der Waals surface area contributed by atoms with Gasteiger partial charge in [0.2, 0.25) is 0 Å².